The predicted octanol–water partition coefficient (Wildman–Crippen LogP) is 2.76. The minimum atomic E-state index is -0.704. The zero-order valence-electron chi connectivity index (χ0n) is 18.7. The van der Waals surface area contributed by atoms with Crippen LogP contribution in [0.1, 0.15) is 70.9 Å². The van der Waals surface area contributed by atoms with Gasteiger partial charge in [-0.2, -0.15) is 0 Å². The third-order valence-electron chi connectivity index (χ3n) is 5.44. The number of rotatable bonds is 6. The van der Waals surface area contributed by atoms with Gasteiger partial charge in [-0.3, -0.25) is 28.8 Å². The second kappa shape index (κ2) is 9.08. The van der Waals surface area contributed by atoms with Crippen LogP contribution in [0.2, 0.25) is 0 Å². The molecular weight excluding hydrogens is 398 g/mol. The van der Waals surface area contributed by atoms with Crippen molar-refractivity contribution in [1.82, 2.24) is 14.5 Å². The molecule has 1 N–H and O–H groups in total. The highest BCUT2D eigenvalue weighted by Crippen LogP contribution is 2.26. The number of carbonyl (C=O) groups excluding carboxylic acids is 3. The Morgan fingerprint density at radius 1 is 1.19 bits per heavy atom. The van der Waals surface area contributed by atoms with E-state index in [0.29, 0.717) is 37.6 Å². The number of carbonyl (C=O) groups is 3. The van der Waals surface area contributed by atoms with Crippen LogP contribution in [0.15, 0.2) is 23.0 Å². The number of benzene rings is 1. The number of nitrogens with one attached hydrogen (secondary N) is 1. The van der Waals surface area contributed by atoms with E-state index in [1.54, 1.807) is 11.6 Å². The van der Waals surface area contributed by atoms with E-state index in [9.17, 15) is 19.2 Å². The lowest BCUT2D eigenvalue weighted by atomic mass is 10.0. The summed E-state index contributed by atoms with van der Waals surface area (Å²) in [4.78, 5) is 49.2. The largest absolute Gasteiger partial charge is 0.460 e. The highest BCUT2D eigenvalue weighted by molar-refractivity contribution is 5.98. The normalized spacial score (nSPS) is 17.5. The fraction of sp³-hybridized carbons (Fsp3) is 0.565. The van der Waals surface area contributed by atoms with Crippen LogP contribution in [0.5, 0.6) is 0 Å². The summed E-state index contributed by atoms with van der Waals surface area (Å²) in [6.07, 6.45) is 3.79. The predicted molar refractivity (Wildman–Crippen MR) is 117 cm³/mol. The average Bonchev–Trinajstić information content (AvgIpc) is 2.80. The van der Waals surface area contributed by atoms with Crippen molar-refractivity contribution in [1.29, 1.82) is 0 Å². The molecule has 2 heterocycles. The number of unbranched alkanes of at least 4 members (excludes halogenated alkanes) is 1. The van der Waals surface area contributed by atoms with Crippen molar-refractivity contribution in [2.75, 3.05) is 0 Å². The van der Waals surface area contributed by atoms with Gasteiger partial charge in [0.2, 0.25) is 11.8 Å². The number of nitrogens with zero attached hydrogens (tertiary/aromatic N) is 2. The maximum Gasteiger partial charge on any atom is 0.329 e. The van der Waals surface area contributed by atoms with Gasteiger partial charge in [0.1, 0.15) is 11.6 Å². The number of aromatic nitrogens is 2. The Kier molecular flexibility index (Phi) is 6.67. The van der Waals surface area contributed by atoms with Gasteiger partial charge < -0.3 is 4.74 Å². The number of esters is 1. The molecule has 0 saturated carbocycles. The first kappa shape index (κ1) is 22.8. The number of amides is 2. The number of ether oxygens (including phenoxy) is 1. The third-order valence-corrected chi connectivity index (χ3v) is 5.44. The molecule has 0 bridgehead atoms. The van der Waals surface area contributed by atoms with E-state index in [4.69, 9.17) is 4.74 Å². The molecule has 0 spiro atoms. The molecule has 1 aromatic heterocycles. The van der Waals surface area contributed by atoms with Crippen LogP contribution in [0.3, 0.4) is 0 Å². The maximum atomic E-state index is 13.0. The Bertz CT molecular complexity index is 1060. The van der Waals surface area contributed by atoms with Crippen molar-refractivity contribution < 1.29 is 19.1 Å². The van der Waals surface area contributed by atoms with Crippen molar-refractivity contribution in [2.24, 2.45) is 7.05 Å². The second-order valence-electron chi connectivity index (χ2n) is 9.11. The summed E-state index contributed by atoms with van der Waals surface area (Å²) in [6, 6.07) is 4.98. The lowest BCUT2D eigenvalue weighted by Crippen LogP contribution is -2.38. The second-order valence-corrected chi connectivity index (χ2v) is 9.11. The van der Waals surface area contributed by atoms with E-state index in [1.165, 1.54) is 4.57 Å². The highest BCUT2D eigenvalue weighted by Gasteiger charge is 2.29. The molecule has 2 amide bonds. The fourth-order valence-electron chi connectivity index (χ4n) is 4.12. The number of imide groups is 1. The SMILES string of the molecule is Cn1c(=O)n(C2CCCC(=O)NC2=O)c2cccc(CCCCC(=O)OC(C)(C)C)c21. The Morgan fingerprint density at radius 3 is 2.65 bits per heavy atom. The van der Waals surface area contributed by atoms with Gasteiger partial charge >= 0.3 is 11.7 Å². The molecule has 8 heteroatoms. The van der Waals surface area contributed by atoms with E-state index in [2.05, 4.69) is 5.32 Å². The minimum absolute atomic E-state index is 0.210. The van der Waals surface area contributed by atoms with Crippen LogP contribution >= 0.6 is 0 Å². The summed E-state index contributed by atoms with van der Waals surface area (Å²) >= 11 is 0. The molecule has 0 radical (unpaired) electrons. The number of hydrogen-bond acceptors (Lipinski definition) is 5. The van der Waals surface area contributed by atoms with Crippen molar-refractivity contribution in [3.8, 4) is 0 Å². The van der Waals surface area contributed by atoms with Gasteiger partial charge in [-0.15, -0.1) is 0 Å². The van der Waals surface area contributed by atoms with Crippen molar-refractivity contribution in [2.45, 2.75) is 77.4 Å². The van der Waals surface area contributed by atoms with Crippen molar-refractivity contribution >= 4 is 28.8 Å². The Morgan fingerprint density at radius 2 is 1.94 bits per heavy atom. The van der Waals surface area contributed by atoms with E-state index in [-0.39, 0.29) is 24.0 Å². The van der Waals surface area contributed by atoms with Crippen LogP contribution in [-0.2, 0) is 32.6 Å². The highest BCUT2D eigenvalue weighted by atomic mass is 16.6. The summed E-state index contributed by atoms with van der Waals surface area (Å²) in [5, 5.41) is 2.38. The molecule has 0 aliphatic carbocycles. The minimum Gasteiger partial charge on any atom is -0.460 e. The van der Waals surface area contributed by atoms with Crippen LogP contribution < -0.4 is 11.0 Å². The van der Waals surface area contributed by atoms with Crippen LogP contribution in [0.4, 0.5) is 0 Å². The third kappa shape index (κ3) is 5.24. The fourth-order valence-corrected chi connectivity index (χ4v) is 4.12. The van der Waals surface area contributed by atoms with Crippen LogP contribution in [0.25, 0.3) is 11.0 Å². The number of hydrogen-bond donors (Lipinski definition) is 1. The molecule has 1 aliphatic rings. The van der Waals surface area contributed by atoms with E-state index >= 15 is 0 Å². The standard InChI is InChI=1S/C23H31N3O5/c1-23(2,3)31-19(28)14-6-5-9-15-10-7-11-16-20(15)25(4)22(30)26(16)17-12-8-13-18(27)24-21(17)29/h7,10-11,17H,5-6,8-9,12-14H2,1-4H3,(H,24,27,29). The number of imidazole rings is 1. The molecule has 2 aromatic rings. The molecule has 168 valence electrons. The van der Waals surface area contributed by atoms with Crippen LogP contribution in [-0.4, -0.2) is 32.5 Å². The smallest absolute Gasteiger partial charge is 0.329 e. The summed E-state index contributed by atoms with van der Waals surface area (Å²) in [5.74, 6) is -0.940. The topological polar surface area (TPSA) is 99.4 Å². The number of para-hydroxylation sites is 1. The Hall–Kier alpha value is -2.90. The van der Waals surface area contributed by atoms with Gasteiger partial charge in [-0.1, -0.05) is 12.1 Å². The van der Waals surface area contributed by atoms with Crippen molar-refractivity contribution in [3.63, 3.8) is 0 Å². The summed E-state index contributed by atoms with van der Waals surface area (Å²) in [6.45, 7) is 5.55. The molecule has 8 nitrogen and oxygen atoms in total. The monoisotopic (exact) mass is 429 g/mol. The number of fused-ring (bicyclic) bond motifs is 1. The van der Waals surface area contributed by atoms with Gasteiger partial charge in [-0.25, -0.2) is 4.79 Å². The molecule has 1 fully saturated rings. The van der Waals surface area contributed by atoms with Gasteiger partial charge in [0.05, 0.1) is 11.0 Å². The molecule has 31 heavy (non-hydrogen) atoms. The van der Waals surface area contributed by atoms with E-state index < -0.39 is 17.6 Å². The average molecular weight is 430 g/mol. The van der Waals surface area contributed by atoms with Gasteiger partial charge in [0.25, 0.3) is 0 Å². The summed E-state index contributed by atoms with van der Waals surface area (Å²) in [7, 11) is 1.70. The van der Waals surface area contributed by atoms with Gasteiger partial charge in [-0.05, 0) is 64.5 Å². The molecule has 1 atom stereocenters. The molecular formula is C23H31N3O5. The lowest BCUT2D eigenvalue weighted by molar-refractivity contribution is -0.155. The van der Waals surface area contributed by atoms with E-state index in [1.807, 2.05) is 39.0 Å². The van der Waals surface area contributed by atoms with Gasteiger partial charge in [0, 0.05) is 19.9 Å². The lowest BCUT2D eigenvalue weighted by Gasteiger charge is -2.19. The van der Waals surface area contributed by atoms with Crippen molar-refractivity contribution in [3.05, 3.63) is 34.2 Å². The zero-order valence-corrected chi connectivity index (χ0v) is 18.7. The summed E-state index contributed by atoms with van der Waals surface area (Å²) in [5.41, 5.74) is 1.70. The Balaban J connectivity index is 1.80. The molecule has 1 aliphatic heterocycles. The maximum absolute atomic E-state index is 13.0. The molecule has 1 aromatic carbocycles. The molecule has 3 rings (SSSR count). The quantitative estimate of drug-likeness (QED) is 0.432. The molecule has 1 saturated heterocycles. The first-order chi connectivity index (χ1) is 14.6. The Labute approximate surface area is 181 Å². The number of aryl methyl sites for hydroxylation is 2. The van der Waals surface area contributed by atoms with Gasteiger partial charge in [0.15, 0.2) is 0 Å². The first-order valence-electron chi connectivity index (χ1n) is 10.8. The van der Waals surface area contributed by atoms with E-state index in [0.717, 1.165) is 17.5 Å². The molecule has 1 unspecified atom stereocenters. The van der Waals surface area contributed by atoms with Crippen LogP contribution in [0, 0.1) is 0 Å². The summed E-state index contributed by atoms with van der Waals surface area (Å²) < 4.78 is 8.42. The zero-order chi connectivity index (χ0) is 22.8. The first-order valence-corrected chi connectivity index (χ1v) is 10.8.